The van der Waals surface area contributed by atoms with E-state index in [0.717, 1.165) is 53.5 Å². The Labute approximate surface area is 215 Å². The van der Waals surface area contributed by atoms with Crippen LogP contribution in [0.5, 0.6) is 0 Å². The molecule has 4 rings (SSSR count). The number of aryl methyl sites for hydroxylation is 1. The van der Waals surface area contributed by atoms with Gasteiger partial charge in [-0.3, -0.25) is 22.8 Å². The fourth-order valence-electron chi connectivity index (χ4n) is 3.36. The van der Waals surface area contributed by atoms with Gasteiger partial charge in [-0.2, -0.15) is 12.8 Å². The van der Waals surface area contributed by atoms with Crippen molar-refractivity contribution in [1.82, 2.24) is 4.98 Å². The van der Waals surface area contributed by atoms with Gasteiger partial charge in [0.2, 0.25) is 5.91 Å². The monoisotopic (exact) mass is 412 g/mol. The van der Waals surface area contributed by atoms with Crippen LogP contribution < -0.4 is 56.7 Å². The quantitative estimate of drug-likeness (QED) is 0.511. The number of rotatable bonds is 3. The second-order valence-corrected chi connectivity index (χ2v) is 7.10. The fraction of sp³-hybridized carbons (Fsp3) is 0.250. The van der Waals surface area contributed by atoms with Crippen molar-refractivity contribution in [2.45, 2.75) is 32.6 Å². The predicted molar refractivity (Wildman–Crippen MR) is 114 cm³/mol. The summed E-state index contributed by atoms with van der Waals surface area (Å²) in [6, 6.07) is 15.5. The SMILES string of the molecule is O=C(Nc1cc2ccccc2[nH]1)C1CC[CH-]CC1.[CH2-]c1c(C)cccc1[C-]=O.[K+]. The molecule has 146 valence electrons. The summed E-state index contributed by atoms with van der Waals surface area (Å²) in [4.78, 5) is 25.5. The van der Waals surface area contributed by atoms with Gasteiger partial charge in [0.15, 0.2) is 0 Å². The average Bonchev–Trinajstić information content (AvgIpc) is 3.13. The van der Waals surface area contributed by atoms with Crippen molar-refractivity contribution in [1.29, 1.82) is 0 Å². The second-order valence-electron chi connectivity index (χ2n) is 7.10. The van der Waals surface area contributed by atoms with Crippen LogP contribution in [0.3, 0.4) is 0 Å². The number of carbonyl (C=O) groups is 1. The summed E-state index contributed by atoms with van der Waals surface area (Å²) in [6.07, 6.45) is 8.17. The van der Waals surface area contributed by atoms with Crippen molar-refractivity contribution in [3.8, 4) is 0 Å². The summed E-state index contributed by atoms with van der Waals surface area (Å²) in [5, 5.41) is 4.12. The van der Waals surface area contributed by atoms with Crippen LogP contribution in [0.2, 0.25) is 0 Å². The normalized spacial score (nSPS) is 13.7. The van der Waals surface area contributed by atoms with Gasteiger partial charge in [-0.1, -0.05) is 38.0 Å². The predicted octanol–water partition coefficient (Wildman–Crippen LogP) is 2.14. The van der Waals surface area contributed by atoms with Crippen molar-refractivity contribution in [2.24, 2.45) is 5.92 Å². The Morgan fingerprint density at radius 3 is 2.55 bits per heavy atom. The number of carbonyl (C=O) groups excluding carboxylic acids is 2. The molecule has 0 saturated heterocycles. The average molecular weight is 413 g/mol. The smallest absolute Gasteiger partial charge is 0.391 e. The van der Waals surface area contributed by atoms with Crippen LogP contribution in [-0.2, 0) is 9.59 Å². The summed E-state index contributed by atoms with van der Waals surface area (Å²) in [6.45, 7) is 5.65. The molecule has 1 aromatic heterocycles. The van der Waals surface area contributed by atoms with Crippen molar-refractivity contribution in [2.75, 3.05) is 5.32 Å². The number of hydrogen-bond acceptors (Lipinski definition) is 2. The van der Waals surface area contributed by atoms with Crippen LogP contribution in [0.4, 0.5) is 5.82 Å². The molecule has 1 aliphatic rings. The zero-order chi connectivity index (χ0) is 19.9. The molecule has 1 fully saturated rings. The maximum absolute atomic E-state index is 12.1. The zero-order valence-electron chi connectivity index (χ0n) is 17.1. The van der Waals surface area contributed by atoms with E-state index in [-0.39, 0.29) is 63.2 Å². The van der Waals surface area contributed by atoms with Gasteiger partial charge in [0.25, 0.3) is 0 Å². The number of anilines is 1. The summed E-state index contributed by atoms with van der Waals surface area (Å²) >= 11 is 0. The third kappa shape index (κ3) is 6.56. The van der Waals surface area contributed by atoms with E-state index in [1.54, 1.807) is 6.07 Å². The van der Waals surface area contributed by atoms with Gasteiger partial charge in [-0.15, -0.1) is 12.1 Å². The molecule has 4 nitrogen and oxygen atoms in total. The number of aromatic amines is 1. The first kappa shape index (κ1) is 23.9. The molecule has 0 atom stereocenters. The van der Waals surface area contributed by atoms with Gasteiger partial charge in [0.05, 0.1) is 0 Å². The van der Waals surface area contributed by atoms with Crippen LogP contribution in [0.25, 0.3) is 10.9 Å². The number of fused-ring (bicyclic) bond motifs is 1. The van der Waals surface area contributed by atoms with E-state index in [1.165, 1.54) is 0 Å². The molecule has 1 heterocycles. The number of amides is 1. The molecule has 1 amide bonds. The minimum absolute atomic E-state index is 0. The number of H-pyrrole nitrogens is 1. The van der Waals surface area contributed by atoms with E-state index >= 15 is 0 Å². The zero-order valence-corrected chi connectivity index (χ0v) is 20.2. The minimum Gasteiger partial charge on any atom is -0.391 e. The maximum Gasteiger partial charge on any atom is 1.00 e. The number of para-hydroxylation sites is 1. The largest absolute Gasteiger partial charge is 1.00 e. The molecule has 0 aliphatic heterocycles. The van der Waals surface area contributed by atoms with E-state index in [1.807, 2.05) is 55.7 Å². The summed E-state index contributed by atoms with van der Waals surface area (Å²) < 4.78 is 0. The minimum atomic E-state index is 0. The van der Waals surface area contributed by atoms with E-state index < -0.39 is 0 Å². The molecular formula is C24H25KN2O2-2. The summed E-state index contributed by atoms with van der Waals surface area (Å²) in [5.41, 5.74) is 3.42. The van der Waals surface area contributed by atoms with E-state index in [9.17, 15) is 9.59 Å². The number of hydrogen-bond donors (Lipinski definition) is 2. The fourth-order valence-corrected chi connectivity index (χ4v) is 3.36. The van der Waals surface area contributed by atoms with Crippen molar-refractivity contribution >= 4 is 28.9 Å². The Kier molecular flexibility index (Phi) is 9.66. The Morgan fingerprint density at radius 1 is 1.17 bits per heavy atom. The van der Waals surface area contributed by atoms with Gasteiger partial charge in [0.1, 0.15) is 5.82 Å². The van der Waals surface area contributed by atoms with Crippen LogP contribution in [0.1, 0.15) is 42.4 Å². The van der Waals surface area contributed by atoms with E-state index in [0.29, 0.717) is 5.56 Å². The van der Waals surface area contributed by atoms with Gasteiger partial charge in [0, 0.05) is 16.8 Å². The topological polar surface area (TPSA) is 62.0 Å². The van der Waals surface area contributed by atoms with Gasteiger partial charge >= 0.3 is 51.4 Å². The molecule has 29 heavy (non-hydrogen) atoms. The molecule has 5 heteroatoms. The molecule has 1 saturated carbocycles. The first-order valence-corrected chi connectivity index (χ1v) is 9.58. The molecule has 2 aromatic carbocycles. The molecule has 0 bridgehead atoms. The molecule has 2 N–H and O–H groups in total. The Morgan fingerprint density at radius 2 is 1.90 bits per heavy atom. The first-order chi connectivity index (χ1) is 13.6. The maximum atomic E-state index is 12.1. The van der Waals surface area contributed by atoms with E-state index in [4.69, 9.17) is 0 Å². The number of nitrogens with one attached hydrogen (secondary N) is 2. The molecule has 0 spiro atoms. The third-order valence-electron chi connectivity index (χ3n) is 5.12. The molecule has 3 aromatic rings. The summed E-state index contributed by atoms with van der Waals surface area (Å²) in [7, 11) is 0. The Hall–Kier alpha value is -1.37. The van der Waals surface area contributed by atoms with Crippen molar-refractivity contribution < 1.29 is 61.0 Å². The molecule has 0 unspecified atom stereocenters. The number of aromatic nitrogens is 1. The molecular weight excluding hydrogens is 387 g/mol. The molecule has 0 radical (unpaired) electrons. The third-order valence-corrected chi connectivity index (χ3v) is 5.12. The second kappa shape index (κ2) is 11.7. The van der Waals surface area contributed by atoms with Crippen LogP contribution >= 0.6 is 0 Å². The number of benzene rings is 2. The van der Waals surface area contributed by atoms with Gasteiger partial charge in [-0.05, 0) is 18.4 Å². The van der Waals surface area contributed by atoms with Gasteiger partial charge in [-0.25, -0.2) is 11.6 Å². The van der Waals surface area contributed by atoms with E-state index in [2.05, 4.69) is 23.6 Å². The Balaban J connectivity index is 0.000000234. The van der Waals surface area contributed by atoms with Crippen LogP contribution in [0, 0.1) is 26.2 Å². The first-order valence-electron chi connectivity index (χ1n) is 9.58. The van der Waals surface area contributed by atoms with Crippen molar-refractivity contribution in [3.05, 3.63) is 78.6 Å². The van der Waals surface area contributed by atoms with Gasteiger partial charge < -0.3 is 21.5 Å². The van der Waals surface area contributed by atoms with Crippen LogP contribution in [0.15, 0.2) is 48.5 Å². The van der Waals surface area contributed by atoms with Crippen LogP contribution in [-0.4, -0.2) is 17.2 Å². The Bertz CT molecular complexity index is 925. The molecule has 1 aliphatic carbocycles. The summed E-state index contributed by atoms with van der Waals surface area (Å²) in [5.74, 6) is 1.12. The standard InChI is InChI=1S/C15H17N2O.C9H8O.K/c18-15(11-6-2-1-3-7-11)17-14-10-12-8-4-5-9-13(12)16-14;1-7-4-3-5-9(6-10)8(7)2;/h1,4-5,8-11,16H,2-3,6-7H2,(H,17,18);3-5H,2H2,1H3;/q-1;-2;+1. The van der Waals surface area contributed by atoms with Crippen molar-refractivity contribution in [3.63, 3.8) is 0 Å².